The summed E-state index contributed by atoms with van der Waals surface area (Å²) in [5.41, 5.74) is 2.51. The van der Waals surface area contributed by atoms with Gasteiger partial charge in [-0.05, 0) is 31.5 Å². The van der Waals surface area contributed by atoms with E-state index in [9.17, 15) is 4.79 Å². The molecule has 1 N–H and O–H groups in total. The van der Waals surface area contributed by atoms with Crippen LogP contribution in [0.2, 0.25) is 0 Å². The predicted molar refractivity (Wildman–Crippen MR) is 82.5 cm³/mol. The van der Waals surface area contributed by atoms with E-state index in [1.165, 1.54) is 16.6 Å². The third-order valence-corrected chi connectivity index (χ3v) is 3.97. The van der Waals surface area contributed by atoms with Gasteiger partial charge in [0.15, 0.2) is 0 Å². The van der Waals surface area contributed by atoms with Crippen molar-refractivity contribution < 1.29 is 4.79 Å². The van der Waals surface area contributed by atoms with Gasteiger partial charge in [0.25, 0.3) is 0 Å². The molecule has 4 nitrogen and oxygen atoms in total. The molecule has 0 aliphatic carbocycles. The van der Waals surface area contributed by atoms with Gasteiger partial charge in [-0.15, -0.1) is 0 Å². The minimum atomic E-state index is 0.0846. The van der Waals surface area contributed by atoms with E-state index in [1.807, 2.05) is 0 Å². The molecule has 1 atom stereocenters. The van der Waals surface area contributed by atoms with E-state index >= 15 is 0 Å². The zero-order valence-corrected chi connectivity index (χ0v) is 12.7. The quantitative estimate of drug-likeness (QED) is 0.906. The SMILES string of the molecule is CNC(=O)C[C@@H](C)N(C)Cc1cc2ccccc2n1C. The average Bonchev–Trinajstić information content (AvgIpc) is 2.75. The molecule has 20 heavy (non-hydrogen) atoms. The molecule has 2 rings (SSSR count). The summed E-state index contributed by atoms with van der Waals surface area (Å²) in [6.45, 7) is 2.92. The topological polar surface area (TPSA) is 37.3 Å². The fourth-order valence-electron chi connectivity index (χ4n) is 2.44. The van der Waals surface area contributed by atoms with Gasteiger partial charge in [0, 0.05) is 44.3 Å². The van der Waals surface area contributed by atoms with Gasteiger partial charge < -0.3 is 9.88 Å². The summed E-state index contributed by atoms with van der Waals surface area (Å²) in [5.74, 6) is 0.0846. The van der Waals surface area contributed by atoms with E-state index in [4.69, 9.17) is 0 Å². The van der Waals surface area contributed by atoms with E-state index in [1.54, 1.807) is 7.05 Å². The Balaban J connectivity index is 2.11. The van der Waals surface area contributed by atoms with Crippen LogP contribution in [0.3, 0.4) is 0 Å². The third-order valence-electron chi connectivity index (χ3n) is 3.97. The molecule has 0 fully saturated rings. The Bertz CT molecular complexity index is 603. The second-order valence-electron chi connectivity index (χ2n) is 5.39. The van der Waals surface area contributed by atoms with Crippen molar-refractivity contribution in [1.29, 1.82) is 0 Å². The minimum absolute atomic E-state index is 0.0846. The molecule has 108 valence electrons. The van der Waals surface area contributed by atoms with Gasteiger partial charge >= 0.3 is 0 Å². The zero-order valence-electron chi connectivity index (χ0n) is 12.7. The fourth-order valence-corrected chi connectivity index (χ4v) is 2.44. The van der Waals surface area contributed by atoms with Crippen LogP contribution in [0.25, 0.3) is 10.9 Å². The molecule has 0 saturated carbocycles. The van der Waals surface area contributed by atoms with Crippen LogP contribution < -0.4 is 5.32 Å². The van der Waals surface area contributed by atoms with Crippen LogP contribution >= 0.6 is 0 Å². The van der Waals surface area contributed by atoms with Crippen LogP contribution in [0.5, 0.6) is 0 Å². The maximum Gasteiger partial charge on any atom is 0.221 e. The zero-order chi connectivity index (χ0) is 14.7. The van der Waals surface area contributed by atoms with E-state index in [2.05, 4.69) is 66.1 Å². The van der Waals surface area contributed by atoms with Crippen molar-refractivity contribution in [3.8, 4) is 0 Å². The highest BCUT2D eigenvalue weighted by atomic mass is 16.1. The van der Waals surface area contributed by atoms with Gasteiger partial charge in [0.1, 0.15) is 0 Å². The van der Waals surface area contributed by atoms with E-state index < -0.39 is 0 Å². The van der Waals surface area contributed by atoms with Crippen molar-refractivity contribution in [2.24, 2.45) is 7.05 Å². The lowest BCUT2D eigenvalue weighted by Gasteiger charge is -2.24. The highest BCUT2D eigenvalue weighted by Crippen LogP contribution is 2.20. The maximum absolute atomic E-state index is 11.4. The van der Waals surface area contributed by atoms with Crippen molar-refractivity contribution in [3.63, 3.8) is 0 Å². The van der Waals surface area contributed by atoms with E-state index in [0.717, 1.165) is 6.54 Å². The molecule has 0 unspecified atom stereocenters. The summed E-state index contributed by atoms with van der Waals surface area (Å²) < 4.78 is 2.22. The lowest BCUT2D eigenvalue weighted by Crippen LogP contribution is -2.34. The van der Waals surface area contributed by atoms with Gasteiger partial charge in [0.2, 0.25) is 5.91 Å². The smallest absolute Gasteiger partial charge is 0.221 e. The standard InChI is InChI=1S/C16H23N3O/c1-12(9-16(20)17-2)18(3)11-14-10-13-7-5-6-8-15(13)19(14)4/h5-8,10,12H,9,11H2,1-4H3,(H,17,20)/t12-/m1/s1. The molecular formula is C16H23N3O. The molecular weight excluding hydrogens is 250 g/mol. The summed E-state index contributed by atoms with van der Waals surface area (Å²) in [7, 11) is 5.83. The number of rotatable bonds is 5. The molecule has 0 aliphatic heterocycles. The molecule has 0 radical (unpaired) electrons. The minimum Gasteiger partial charge on any atom is -0.359 e. The number of nitrogens with one attached hydrogen (secondary N) is 1. The molecule has 0 bridgehead atoms. The Morgan fingerprint density at radius 3 is 2.75 bits per heavy atom. The van der Waals surface area contributed by atoms with Crippen molar-refractivity contribution in [1.82, 2.24) is 14.8 Å². The number of carbonyl (C=O) groups is 1. The molecule has 0 aliphatic rings. The first-order valence-corrected chi connectivity index (χ1v) is 6.97. The lowest BCUT2D eigenvalue weighted by molar-refractivity contribution is -0.121. The van der Waals surface area contributed by atoms with Crippen LogP contribution in [0.1, 0.15) is 19.0 Å². The van der Waals surface area contributed by atoms with Crippen molar-refractivity contribution in [2.45, 2.75) is 25.9 Å². The van der Waals surface area contributed by atoms with Crippen molar-refractivity contribution in [2.75, 3.05) is 14.1 Å². The Labute approximate surface area is 120 Å². The number of nitrogens with zero attached hydrogens (tertiary/aromatic N) is 2. The Hall–Kier alpha value is -1.81. The van der Waals surface area contributed by atoms with E-state index in [0.29, 0.717) is 6.42 Å². The number of carbonyl (C=O) groups excluding carboxylic acids is 1. The number of hydrogen-bond donors (Lipinski definition) is 1. The van der Waals surface area contributed by atoms with Gasteiger partial charge in [0.05, 0.1) is 0 Å². The molecule has 0 spiro atoms. The molecule has 1 aromatic heterocycles. The second kappa shape index (κ2) is 6.09. The number of amides is 1. The van der Waals surface area contributed by atoms with Crippen LogP contribution in [0.15, 0.2) is 30.3 Å². The fraction of sp³-hybridized carbons (Fsp3) is 0.438. The van der Waals surface area contributed by atoms with Gasteiger partial charge in [-0.3, -0.25) is 9.69 Å². The number of aryl methyl sites for hydroxylation is 1. The predicted octanol–water partition coefficient (Wildman–Crippen LogP) is 2.13. The Morgan fingerprint density at radius 1 is 1.40 bits per heavy atom. The molecule has 1 aromatic carbocycles. The lowest BCUT2D eigenvalue weighted by atomic mass is 10.2. The van der Waals surface area contributed by atoms with Gasteiger partial charge in [-0.1, -0.05) is 18.2 Å². The molecule has 1 amide bonds. The number of benzene rings is 1. The van der Waals surface area contributed by atoms with Crippen molar-refractivity contribution in [3.05, 3.63) is 36.0 Å². The normalized spacial score (nSPS) is 12.8. The summed E-state index contributed by atoms with van der Waals surface area (Å²) >= 11 is 0. The van der Waals surface area contributed by atoms with Gasteiger partial charge in [-0.25, -0.2) is 0 Å². The second-order valence-corrected chi connectivity index (χ2v) is 5.39. The van der Waals surface area contributed by atoms with Crippen LogP contribution in [0, 0.1) is 0 Å². The summed E-state index contributed by atoms with van der Waals surface area (Å²) in [6.07, 6.45) is 0.525. The first kappa shape index (κ1) is 14.6. The Morgan fingerprint density at radius 2 is 2.10 bits per heavy atom. The average molecular weight is 273 g/mol. The molecule has 2 aromatic rings. The first-order chi connectivity index (χ1) is 9.52. The number of para-hydroxylation sites is 1. The van der Waals surface area contributed by atoms with Crippen molar-refractivity contribution >= 4 is 16.8 Å². The highest BCUT2D eigenvalue weighted by Gasteiger charge is 2.15. The summed E-state index contributed by atoms with van der Waals surface area (Å²) in [5, 5.41) is 3.94. The maximum atomic E-state index is 11.4. The molecule has 1 heterocycles. The third kappa shape index (κ3) is 3.02. The first-order valence-electron chi connectivity index (χ1n) is 6.97. The molecule has 4 heteroatoms. The van der Waals surface area contributed by atoms with Gasteiger partial charge in [-0.2, -0.15) is 0 Å². The van der Waals surface area contributed by atoms with Crippen LogP contribution in [-0.2, 0) is 18.4 Å². The number of aromatic nitrogens is 1. The van der Waals surface area contributed by atoms with Crippen LogP contribution in [-0.4, -0.2) is 35.5 Å². The van der Waals surface area contributed by atoms with Crippen LogP contribution in [0.4, 0.5) is 0 Å². The molecule has 0 saturated heterocycles. The monoisotopic (exact) mass is 273 g/mol. The number of fused-ring (bicyclic) bond motifs is 1. The highest BCUT2D eigenvalue weighted by molar-refractivity contribution is 5.81. The largest absolute Gasteiger partial charge is 0.359 e. The van der Waals surface area contributed by atoms with E-state index in [-0.39, 0.29) is 11.9 Å². The Kier molecular flexibility index (Phi) is 4.45. The summed E-state index contributed by atoms with van der Waals surface area (Å²) in [6, 6.07) is 10.8. The number of hydrogen-bond acceptors (Lipinski definition) is 2. The summed E-state index contributed by atoms with van der Waals surface area (Å²) in [4.78, 5) is 13.7.